The Labute approximate surface area is 269 Å². The van der Waals surface area contributed by atoms with E-state index in [1.807, 2.05) is 0 Å². The van der Waals surface area contributed by atoms with Gasteiger partial charge in [0.25, 0.3) is 0 Å². The van der Waals surface area contributed by atoms with E-state index in [2.05, 4.69) is 98.0 Å². The Bertz CT molecular complexity index is 1650. The van der Waals surface area contributed by atoms with E-state index >= 15 is 0 Å². The first-order valence-electron chi connectivity index (χ1n) is 18.6. The maximum atomic E-state index is 7.12. The molecule has 2 spiro atoms. The Hall–Kier alpha value is -2.17. The van der Waals surface area contributed by atoms with Gasteiger partial charge >= 0.3 is 0 Å². The van der Waals surface area contributed by atoms with E-state index in [1.165, 1.54) is 67.7 Å². The average molecular weight is 606 g/mol. The number of rotatable bonds is 3. The monoisotopic (exact) mass is 605 g/mol. The second-order valence-electron chi connectivity index (χ2n) is 17.8. The van der Waals surface area contributed by atoms with Crippen molar-refractivity contribution in [2.45, 2.75) is 110 Å². The van der Waals surface area contributed by atoms with E-state index in [4.69, 9.17) is 9.47 Å². The van der Waals surface area contributed by atoms with Crippen molar-refractivity contribution < 1.29 is 14.0 Å². The number of nitrogens with zero attached hydrogens (tertiary/aromatic N) is 2. The Morgan fingerprint density at radius 1 is 0.933 bits per heavy atom. The predicted octanol–water partition coefficient (Wildman–Crippen LogP) is 8.57. The number of imidazole rings is 1. The smallest absolute Gasteiger partial charge is 0.244 e. The van der Waals surface area contributed by atoms with E-state index in [1.54, 1.807) is 0 Å². The van der Waals surface area contributed by atoms with Gasteiger partial charge in [0.05, 0.1) is 12.7 Å². The molecule has 7 fully saturated rings. The second kappa shape index (κ2) is 9.25. The molecule has 5 saturated carbocycles. The van der Waals surface area contributed by atoms with Gasteiger partial charge in [0.2, 0.25) is 6.33 Å². The molecule has 0 amide bonds. The van der Waals surface area contributed by atoms with Crippen LogP contribution in [0.5, 0.6) is 0 Å². The van der Waals surface area contributed by atoms with E-state index in [9.17, 15) is 0 Å². The van der Waals surface area contributed by atoms with Gasteiger partial charge in [-0.1, -0.05) is 64.1 Å². The van der Waals surface area contributed by atoms with Crippen LogP contribution in [0.1, 0.15) is 97.1 Å². The summed E-state index contributed by atoms with van der Waals surface area (Å²) >= 11 is 0. The third-order valence-electron chi connectivity index (χ3n) is 16.1. The summed E-state index contributed by atoms with van der Waals surface area (Å²) < 4.78 is 18.9. The molecule has 10 rings (SSSR count). The maximum Gasteiger partial charge on any atom is 0.244 e. The molecule has 4 nitrogen and oxygen atoms in total. The molecule has 0 unspecified atom stereocenters. The molecule has 0 N–H and O–H groups in total. The SMILES string of the molecule is C[C@@H]1CC[C@@]2(OC1)O[C@H]1C[C@H]3[C@@H]4C[C@H](n5cc[n+](Cc6ccc7ccccc7c6)c5)[C@]56C[C@H]5CC[C@]6(C)[C@H]4CC[C@]3(C)[C@H]1[C@@H]2C. The lowest BCUT2D eigenvalue weighted by atomic mass is 9.44. The molecule has 2 saturated heterocycles. The molecule has 0 bridgehead atoms. The predicted molar refractivity (Wildman–Crippen MR) is 176 cm³/mol. The summed E-state index contributed by atoms with van der Waals surface area (Å²) in [6, 6.07) is 16.3. The zero-order valence-electron chi connectivity index (χ0n) is 28.0. The quantitative estimate of drug-likeness (QED) is 0.280. The Balaban J connectivity index is 0.957. The standard InChI is InChI=1S/C41H53N2O2/c1-26-11-16-41(44-24-26)27(2)37-35(45-41)21-34-32-20-36(40-22-31(40)12-15-39(40,4)33(32)13-14-38(34,37)3)43-18-17-42(25-43)23-28-9-10-29-7-5-6-8-30(29)19-28/h5-10,17-19,25-27,31-37H,11-16,20-24H2,1-4H3/q+1/t26-,27+,31-,32-,33+,34+,35+,36+,37+,38+,39-,40+,41-/m1/s1. The fourth-order valence-electron chi connectivity index (χ4n) is 14.0. The van der Waals surface area contributed by atoms with Crippen LogP contribution in [-0.2, 0) is 16.0 Å². The van der Waals surface area contributed by atoms with Crippen molar-refractivity contribution in [2.75, 3.05) is 6.61 Å². The van der Waals surface area contributed by atoms with E-state index in [-0.39, 0.29) is 5.79 Å². The van der Waals surface area contributed by atoms with Gasteiger partial charge in [-0.25, -0.2) is 9.13 Å². The molecule has 3 aromatic rings. The van der Waals surface area contributed by atoms with Gasteiger partial charge < -0.3 is 9.47 Å². The van der Waals surface area contributed by atoms with Crippen molar-refractivity contribution in [1.29, 1.82) is 0 Å². The summed E-state index contributed by atoms with van der Waals surface area (Å²) in [6.07, 6.45) is 19.8. The number of ether oxygens (including phenoxy) is 2. The third kappa shape index (κ3) is 3.60. The highest BCUT2D eigenvalue weighted by atomic mass is 16.7. The Morgan fingerprint density at radius 3 is 2.62 bits per heavy atom. The van der Waals surface area contributed by atoms with E-state index in [0.29, 0.717) is 46.1 Å². The summed E-state index contributed by atoms with van der Waals surface area (Å²) in [7, 11) is 0. The number of benzene rings is 2. The zero-order chi connectivity index (χ0) is 30.3. The fraction of sp³-hybridized carbons (Fsp3) is 0.683. The lowest BCUT2D eigenvalue weighted by Gasteiger charge is -2.60. The van der Waals surface area contributed by atoms with Gasteiger partial charge in [0.15, 0.2) is 5.79 Å². The number of aromatic nitrogens is 2. The van der Waals surface area contributed by atoms with Crippen molar-refractivity contribution in [3.05, 3.63) is 66.7 Å². The minimum absolute atomic E-state index is 0.311. The van der Waals surface area contributed by atoms with Crippen LogP contribution in [0, 0.1) is 57.7 Å². The van der Waals surface area contributed by atoms with Gasteiger partial charge in [-0.15, -0.1) is 0 Å². The van der Waals surface area contributed by atoms with E-state index in [0.717, 1.165) is 43.2 Å². The average Bonchev–Trinajstić information content (AvgIpc) is 3.25. The number of hydrogen-bond acceptors (Lipinski definition) is 2. The van der Waals surface area contributed by atoms with Crippen LogP contribution in [0.15, 0.2) is 61.2 Å². The van der Waals surface area contributed by atoms with Crippen LogP contribution in [-0.4, -0.2) is 23.1 Å². The highest BCUT2D eigenvalue weighted by Gasteiger charge is 2.79. The van der Waals surface area contributed by atoms with E-state index < -0.39 is 0 Å². The first kappa shape index (κ1) is 27.9. The van der Waals surface area contributed by atoms with Gasteiger partial charge in [-0.2, -0.15) is 0 Å². The van der Waals surface area contributed by atoms with Crippen LogP contribution < -0.4 is 4.57 Å². The van der Waals surface area contributed by atoms with Crippen LogP contribution in [0.3, 0.4) is 0 Å². The molecule has 2 aliphatic heterocycles. The fourth-order valence-corrected chi connectivity index (χ4v) is 14.0. The molecule has 1 aromatic heterocycles. The number of hydrogen-bond donors (Lipinski definition) is 0. The zero-order valence-corrected chi connectivity index (χ0v) is 28.0. The molecule has 0 radical (unpaired) electrons. The van der Waals surface area contributed by atoms with Crippen LogP contribution in [0.25, 0.3) is 10.8 Å². The Kier molecular flexibility index (Phi) is 5.73. The van der Waals surface area contributed by atoms with Crippen LogP contribution in [0.2, 0.25) is 0 Å². The molecular weight excluding hydrogens is 552 g/mol. The lowest BCUT2D eigenvalue weighted by Crippen LogP contribution is -2.56. The molecular formula is C41H53N2O2+. The van der Waals surface area contributed by atoms with Gasteiger partial charge in [0.1, 0.15) is 25.0 Å². The van der Waals surface area contributed by atoms with Crippen LogP contribution in [0.4, 0.5) is 0 Å². The third-order valence-corrected chi connectivity index (χ3v) is 16.1. The van der Waals surface area contributed by atoms with Crippen molar-refractivity contribution in [3.63, 3.8) is 0 Å². The van der Waals surface area contributed by atoms with Gasteiger partial charge in [0, 0.05) is 17.8 Å². The van der Waals surface area contributed by atoms with Crippen LogP contribution >= 0.6 is 0 Å². The summed E-state index contributed by atoms with van der Waals surface area (Å²) in [6.45, 7) is 12.1. The molecule has 7 aliphatic rings. The molecule has 4 heteroatoms. The van der Waals surface area contributed by atoms with Crippen molar-refractivity contribution in [1.82, 2.24) is 4.57 Å². The van der Waals surface area contributed by atoms with Gasteiger partial charge in [-0.05, 0) is 120 Å². The lowest BCUT2D eigenvalue weighted by molar-refractivity contribution is -0.688. The highest BCUT2D eigenvalue weighted by molar-refractivity contribution is 5.82. The topological polar surface area (TPSA) is 27.3 Å². The first-order valence-corrected chi connectivity index (χ1v) is 18.6. The summed E-state index contributed by atoms with van der Waals surface area (Å²) in [5.41, 5.74) is 2.75. The molecule has 5 aliphatic carbocycles. The first-order chi connectivity index (χ1) is 21.7. The molecule has 45 heavy (non-hydrogen) atoms. The highest BCUT2D eigenvalue weighted by Crippen LogP contribution is 2.84. The van der Waals surface area contributed by atoms with Crippen molar-refractivity contribution in [2.24, 2.45) is 57.7 Å². The van der Waals surface area contributed by atoms with Crippen molar-refractivity contribution >= 4 is 10.8 Å². The number of fused-ring (bicyclic) bond motifs is 7. The summed E-state index contributed by atoms with van der Waals surface area (Å²) in [4.78, 5) is 0. The summed E-state index contributed by atoms with van der Waals surface area (Å²) in [5, 5.41) is 2.66. The van der Waals surface area contributed by atoms with Gasteiger partial charge in [-0.3, -0.25) is 0 Å². The minimum atomic E-state index is -0.311. The molecule has 2 aromatic carbocycles. The van der Waals surface area contributed by atoms with Crippen molar-refractivity contribution in [3.8, 4) is 0 Å². The Morgan fingerprint density at radius 2 is 1.80 bits per heavy atom. The maximum absolute atomic E-state index is 7.12. The largest absolute Gasteiger partial charge is 0.349 e. The second-order valence-corrected chi connectivity index (χ2v) is 17.8. The normalized spacial score (nSPS) is 49.4. The minimum Gasteiger partial charge on any atom is -0.349 e. The molecule has 13 atom stereocenters. The summed E-state index contributed by atoms with van der Waals surface area (Å²) in [5.74, 6) is 4.91. The molecule has 3 heterocycles. The molecule has 238 valence electrons.